The van der Waals surface area contributed by atoms with Gasteiger partial charge >= 0.3 is 0 Å². The van der Waals surface area contributed by atoms with Crippen molar-refractivity contribution in [2.24, 2.45) is 12.8 Å². The third-order valence-corrected chi connectivity index (χ3v) is 2.91. The van der Waals surface area contributed by atoms with Crippen LogP contribution in [0.4, 0.5) is 5.69 Å². The van der Waals surface area contributed by atoms with E-state index >= 15 is 0 Å². The molecule has 3 N–H and O–H groups in total. The number of imidazole rings is 1. The number of carbonyl (C=O) groups is 1. The number of nitrogens with zero attached hydrogens (tertiary/aromatic N) is 2. The molecule has 19 heavy (non-hydrogen) atoms. The van der Waals surface area contributed by atoms with Gasteiger partial charge in [0.05, 0.1) is 12.0 Å². The van der Waals surface area contributed by atoms with Crippen LogP contribution in [-0.2, 0) is 7.05 Å². The number of amides is 1. The first kappa shape index (κ1) is 13.2. The lowest BCUT2D eigenvalue weighted by molar-refractivity contribution is 0.102. The fourth-order valence-corrected chi connectivity index (χ4v) is 2.09. The van der Waals surface area contributed by atoms with E-state index in [9.17, 15) is 4.79 Å². The van der Waals surface area contributed by atoms with Gasteiger partial charge in [0.1, 0.15) is 10.7 Å². The normalized spacial score (nSPS) is 10.2. The van der Waals surface area contributed by atoms with Crippen molar-refractivity contribution < 1.29 is 4.79 Å². The van der Waals surface area contributed by atoms with Crippen molar-refractivity contribution in [3.63, 3.8) is 0 Å². The Morgan fingerprint density at radius 1 is 1.47 bits per heavy atom. The molecule has 0 aliphatic carbocycles. The zero-order valence-electron chi connectivity index (χ0n) is 10.7. The van der Waals surface area contributed by atoms with Crippen molar-refractivity contribution in [3.05, 3.63) is 47.5 Å². The summed E-state index contributed by atoms with van der Waals surface area (Å²) >= 11 is 5.02. The monoisotopic (exact) mass is 274 g/mol. The van der Waals surface area contributed by atoms with Crippen LogP contribution in [0.2, 0.25) is 0 Å². The summed E-state index contributed by atoms with van der Waals surface area (Å²) < 4.78 is 1.71. The standard InChI is InChI=1S/C13H14N4OS/c1-8-4-3-5-9(11(8)12(14)19)16-13(18)10-6-17(2)7-15-10/h3-7H,1-2H3,(H2,14,19)(H,16,18). The summed E-state index contributed by atoms with van der Waals surface area (Å²) in [6, 6.07) is 5.50. The highest BCUT2D eigenvalue weighted by Crippen LogP contribution is 2.20. The average molecular weight is 274 g/mol. The fraction of sp³-hybridized carbons (Fsp3) is 0.154. The maximum atomic E-state index is 12.0. The molecule has 0 aliphatic rings. The molecule has 1 aromatic heterocycles. The molecule has 0 unspecified atom stereocenters. The molecule has 2 aromatic rings. The number of hydrogen-bond acceptors (Lipinski definition) is 3. The largest absolute Gasteiger partial charge is 0.389 e. The molecule has 0 saturated heterocycles. The molecular weight excluding hydrogens is 260 g/mol. The molecule has 98 valence electrons. The van der Waals surface area contributed by atoms with Crippen LogP contribution in [0.5, 0.6) is 0 Å². The van der Waals surface area contributed by atoms with Crippen molar-refractivity contribution in [1.29, 1.82) is 0 Å². The van der Waals surface area contributed by atoms with E-state index in [-0.39, 0.29) is 10.9 Å². The highest BCUT2D eigenvalue weighted by Gasteiger charge is 2.13. The topological polar surface area (TPSA) is 72.9 Å². The van der Waals surface area contributed by atoms with Gasteiger partial charge < -0.3 is 15.6 Å². The smallest absolute Gasteiger partial charge is 0.275 e. The van der Waals surface area contributed by atoms with Crippen molar-refractivity contribution in [2.45, 2.75) is 6.92 Å². The number of benzene rings is 1. The van der Waals surface area contributed by atoms with Gasteiger partial charge in [-0.15, -0.1) is 0 Å². The van der Waals surface area contributed by atoms with Gasteiger partial charge in [0.2, 0.25) is 0 Å². The number of thiocarbonyl (C=S) groups is 1. The minimum Gasteiger partial charge on any atom is -0.389 e. The van der Waals surface area contributed by atoms with E-state index in [0.717, 1.165) is 5.56 Å². The molecule has 0 fully saturated rings. The third kappa shape index (κ3) is 2.79. The molecule has 0 saturated carbocycles. The van der Waals surface area contributed by atoms with Crippen LogP contribution in [0, 0.1) is 6.92 Å². The molecule has 1 aromatic carbocycles. The van der Waals surface area contributed by atoms with Gasteiger partial charge in [-0.1, -0.05) is 24.4 Å². The Hall–Kier alpha value is -2.21. The van der Waals surface area contributed by atoms with Crippen molar-refractivity contribution in [2.75, 3.05) is 5.32 Å². The summed E-state index contributed by atoms with van der Waals surface area (Å²) in [6.07, 6.45) is 3.21. The molecule has 0 bridgehead atoms. The van der Waals surface area contributed by atoms with E-state index in [2.05, 4.69) is 10.3 Å². The number of carbonyl (C=O) groups excluding carboxylic acids is 1. The van der Waals surface area contributed by atoms with Crippen molar-refractivity contribution in [1.82, 2.24) is 9.55 Å². The van der Waals surface area contributed by atoms with Crippen LogP contribution in [-0.4, -0.2) is 20.4 Å². The summed E-state index contributed by atoms with van der Waals surface area (Å²) in [5, 5.41) is 2.78. The van der Waals surface area contributed by atoms with E-state index < -0.39 is 0 Å². The average Bonchev–Trinajstić information content (AvgIpc) is 2.75. The zero-order valence-corrected chi connectivity index (χ0v) is 11.5. The highest BCUT2D eigenvalue weighted by atomic mass is 32.1. The third-order valence-electron chi connectivity index (χ3n) is 2.70. The number of anilines is 1. The predicted octanol–water partition coefficient (Wildman–Crippen LogP) is 1.62. The molecule has 1 heterocycles. The minimum absolute atomic E-state index is 0.259. The Kier molecular flexibility index (Phi) is 3.62. The fourth-order valence-electron chi connectivity index (χ4n) is 1.82. The first-order valence-corrected chi connectivity index (χ1v) is 6.08. The second-order valence-electron chi connectivity index (χ2n) is 4.24. The van der Waals surface area contributed by atoms with Crippen molar-refractivity contribution >= 4 is 28.8 Å². The Balaban J connectivity index is 2.31. The number of rotatable bonds is 3. The second-order valence-corrected chi connectivity index (χ2v) is 4.68. The summed E-state index contributed by atoms with van der Waals surface area (Å²) in [5.41, 5.74) is 8.24. The quantitative estimate of drug-likeness (QED) is 0.834. The van der Waals surface area contributed by atoms with Crippen LogP contribution in [0.15, 0.2) is 30.7 Å². The lowest BCUT2D eigenvalue weighted by Crippen LogP contribution is -2.19. The van der Waals surface area contributed by atoms with Crippen LogP contribution < -0.4 is 11.1 Å². The van der Waals surface area contributed by atoms with E-state index in [1.54, 1.807) is 30.2 Å². The Bertz CT molecular complexity index is 648. The van der Waals surface area contributed by atoms with E-state index in [1.165, 1.54) is 0 Å². The van der Waals surface area contributed by atoms with Crippen LogP contribution in [0.1, 0.15) is 21.6 Å². The molecule has 0 aliphatic heterocycles. The molecular formula is C13H14N4OS. The highest BCUT2D eigenvalue weighted by molar-refractivity contribution is 7.80. The SMILES string of the molecule is Cc1cccc(NC(=O)c2cn(C)cn2)c1C(N)=S. The Morgan fingerprint density at radius 2 is 2.21 bits per heavy atom. The summed E-state index contributed by atoms with van der Waals surface area (Å²) in [6.45, 7) is 1.89. The lowest BCUT2D eigenvalue weighted by Gasteiger charge is -2.11. The lowest BCUT2D eigenvalue weighted by atomic mass is 10.1. The number of nitrogens with one attached hydrogen (secondary N) is 1. The predicted molar refractivity (Wildman–Crippen MR) is 78.2 cm³/mol. The number of nitrogens with two attached hydrogens (primary N) is 1. The molecule has 0 spiro atoms. The Morgan fingerprint density at radius 3 is 2.79 bits per heavy atom. The van der Waals surface area contributed by atoms with E-state index in [0.29, 0.717) is 16.9 Å². The summed E-state index contributed by atoms with van der Waals surface area (Å²) in [4.78, 5) is 16.3. The summed E-state index contributed by atoms with van der Waals surface area (Å²) in [7, 11) is 1.80. The summed E-state index contributed by atoms with van der Waals surface area (Å²) in [5.74, 6) is -0.288. The maximum absolute atomic E-state index is 12.0. The van der Waals surface area contributed by atoms with Crippen molar-refractivity contribution in [3.8, 4) is 0 Å². The van der Waals surface area contributed by atoms with E-state index in [4.69, 9.17) is 18.0 Å². The van der Waals surface area contributed by atoms with Gasteiger partial charge in [-0.25, -0.2) is 4.98 Å². The molecule has 2 rings (SSSR count). The minimum atomic E-state index is -0.288. The number of aromatic nitrogens is 2. The molecule has 6 heteroatoms. The molecule has 0 atom stereocenters. The van der Waals surface area contributed by atoms with Gasteiger partial charge in [-0.3, -0.25) is 4.79 Å². The first-order valence-electron chi connectivity index (χ1n) is 5.68. The van der Waals surface area contributed by atoms with Gasteiger partial charge in [-0.05, 0) is 18.6 Å². The van der Waals surface area contributed by atoms with Gasteiger partial charge in [0.25, 0.3) is 5.91 Å². The first-order chi connectivity index (χ1) is 8.99. The molecule has 1 amide bonds. The Labute approximate surface area is 116 Å². The molecule has 5 nitrogen and oxygen atoms in total. The molecule has 0 radical (unpaired) electrons. The number of aryl methyl sites for hydroxylation is 2. The van der Waals surface area contributed by atoms with Crippen LogP contribution in [0.25, 0.3) is 0 Å². The number of hydrogen-bond donors (Lipinski definition) is 2. The maximum Gasteiger partial charge on any atom is 0.275 e. The van der Waals surface area contributed by atoms with Crippen LogP contribution in [0.3, 0.4) is 0 Å². The zero-order chi connectivity index (χ0) is 14.0. The van der Waals surface area contributed by atoms with Gasteiger partial charge in [0.15, 0.2) is 0 Å². The van der Waals surface area contributed by atoms with E-state index in [1.807, 2.05) is 19.1 Å². The van der Waals surface area contributed by atoms with Crippen LogP contribution >= 0.6 is 12.2 Å². The van der Waals surface area contributed by atoms with Gasteiger partial charge in [-0.2, -0.15) is 0 Å². The second kappa shape index (κ2) is 5.19. The van der Waals surface area contributed by atoms with Gasteiger partial charge in [0, 0.05) is 18.8 Å².